The Balaban J connectivity index is 1.52. The van der Waals surface area contributed by atoms with Crippen LogP contribution in [0.2, 0.25) is 0 Å². The van der Waals surface area contributed by atoms with Crippen LogP contribution in [0.5, 0.6) is 5.75 Å². The van der Waals surface area contributed by atoms with E-state index < -0.39 is 0 Å². The second-order valence-electron chi connectivity index (χ2n) is 7.28. The van der Waals surface area contributed by atoms with E-state index in [0.29, 0.717) is 30.5 Å². The van der Waals surface area contributed by atoms with Crippen LogP contribution in [0.25, 0.3) is 10.2 Å². The maximum Gasteiger partial charge on any atom is 0.238 e. The SMILES string of the molecule is C=CC=N/C(Oc1ccc(N(C)c2nc3ccccc3s2)cc1)=C(\N)C1CCOCC1. The fraction of sp³-hybridized carbons (Fsp3) is 0.250. The van der Waals surface area contributed by atoms with Crippen LogP contribution in [0.1, 0.15) is 12.8 Å². The van der Waals surface area contributed by atoms with Crippen molar-refractivity contribution in [2.24, 2.45) is 16.6 Å². The molecule has 0 bridgehead atoms. The molecule has 160 valence electrons. The van der Waals surface area contributed by atoms with Gasteiger partial charge in [0, 0.05) is 38.1 Å². The van der Waals surface area contributed by atoms with Crippen LogP contribution in [0.15, 0.2) is 77.8 Å². The third kappa shape index (κ3) is 4.95. The van der Waals surface area contributed by atoms with Crippen molar-refractivity contribution in [2.75, 3.05) is 25.2 Å². The third-order valence-corrected chi connectivity index (χ3v) is 6.33. The fourth-order valence-electron chi connectivity index (χ4n) is 3.43. The number of rotatable bonds is 7. The number of hydrogen-bond donors (Lipinski definition) is 1. The van der Waals surface area contributed by atoms with E-state index in [1.54, 1.807) is 23.6 Å². The standard InChI is InChI=1S/C24H26N4O2S/c1-3-14-26-23(22(25)17-12-15-29-16-13-17)30-19-10-8-18(9-11-19)28(2)24-27-20-6-4-5-7-21(20)31-24/h3-11,14,17H,1,12-13,15-16,25H2,2H3/b23-22+,26-14?. The highest BCUT2D eigenvalue weighted by atomic mass is 32.1. The molecule has 1 saturated heterocycles. The van der Waals surface area contributed by atoms with Crippen LogP contribution in [0.3, 0.4) is 0 Å². The normalized spacial score (nSPS) is 15.8. The van der Waals surface area contributed by atoms with Gasteiger partial charge in [-0.15, -0.1) is 0 Å². The molecule has 0 saturated carbocycles. The van der Waals surface area contributed by atoms with Gasteiger partial charge in [-0.2, -0.15) is 0 Å². The smallest absolute Gasteiger partial charge is 0.238 e. The van der Waals surface area contributed by atoms with Gasteiger partial charge in [0.1, 0.15) is 5.75 Å². The zero-order valence-corrected chi connectivity index (χ0v) is 18.3. The summed E-state index contributed by atoms with van der Waals surface area (Å²) in [5, 5.41) is 0.940. The average molecular weight is 435 g/mol. The van der Waals surface area contributed by atoms with Gasteiger partial charge in [0.2, 0.25) is 5.88 Å². The molecule has 6 nitrogen and oxygen atoms in total. The molecule has 2 N–H and O–H groups in total. The highest BCUT2D eigenvalue weighted by Gasteiger charge is 2.20. The highest BCUT2D eigenvalue weighted by Crippen LogP contribution is 2.33. The predicted molar refractivity (Wildman–Crippen MR) is 128 cm³/mol. The first-order valence-corrected chi connectivity index (χ1v) is 11.1. The summed E-state index contributed by atoms with van der Waals surface area (Å²) < 4.78 is 12.7. The van der Waals surface area contributed by atoms with Crippen molar-refractivity contribution in [2.45, 2.75) is 12.8 Å². The molecule has 0 unspecified atom stereocenters. The Hall–Kier alpha value is -3.16. The van der Waals surface area contributed by atoms with Crippen molar-refractivity contribution in [1.82, 2.24) is 4.98 Å². The lowest BCUT2D eigenvalue weighted by Gasteiger charge is -2.23. The second kappa shape index (κ2) is 9.76. The fourth-order valence-corrected chi connectivity index (χ4v) is 4.37. The van der Waals surface area contributed by atoms with E-state index in [1.807, 2.05) is 49.5 Å². The molecule has 3 aromatic rings. The molecule has 0 radical (unpaired) electrons. The molecule has 0 atom stereocenters. The number of nitrogens with two attached hydrogens (primary N) is 1. The molecule has 2 heterocycles. The van der Waals surface area contributed by atoms with Gasteiger partial charge >= 0.3 is 0 Å². The average Bonchev–Trinajstić information content (AvgIpc) is 3.26. The lowest BCUT2D eigenvalue weighted by molar-refractivity contribution is 0.0743. The Morgan fingerprint density at radius 3 is 2.68 bits per heavy atom. The van der Waals surface area contributed by atoms with Gasteiger partial charge in [-0.3, -0.25) is 0 Å². The zero-order chi connectivity index (χ0) is 21.6. The summed E-state index contributed by atoms with van der Waals surface area (Å²) in [5.74, 6) is 1.29. The van der Waals surface area contributed by atoms with Crippen molar-refractivity contribution < 1.29 is 9.47 Å². The van der Waals surface area contributed by atoms with Crippen LogP contribution in [0.4, 0.5) is 10.8 Å². The number of anilines is 2. The number of fused-ring (bicyclic) bond motifs is 1. The lowest BCUT2D eigenvalue weighted by atomic mass is 9.97. The van der Waals surface area contributed by atoms with Crippen LogP contribution >= 0.6 is 11.3 Å². The minimum atomic E-state index is 0.204. The number of thiazole rings is 1. The minimum Gasteiger partial charge on any atom is -0.437 e. The Morgan fingerprint density at radius 1 is 1.23 bits per heavy atom. The number of aliphatic imine (C=N–C) groups is 1. The minimum absolute atomic E-state index is 0.204. The summed E-state index contributed by atoms with van der Waals surface area (Å²) in [6, 6.07) is 16.0. The molecule has 0 aliphatic carbocycles. The predicted octanol–water partition coefficient (Wildman–Crippen LogP) is 5.25. The first-order valence-electron chi connectivity index (χ1n) is 10.3. The Kier molecular flexibility index (Phi) is 6.64. The van der Waals surface area contributed by atoms with Gasteiger partial charge in [-0.25, -0.2) is 9.98 Å². The van der Waals surface area contributed by atoms with Crippen LogP contribution in [-0.4, -0.2) is 31.5 Å². The maximum atomic E-state index is 6.41. The zero-order valence-electron chi connectivity index (χ0n) is 17.5. The molecule has 1 aliphatic heterocycles. The van der Waals surface area contributed by atoms with Crippen molar-refractivity contribution in [1.29, 1.82) is 0 Å². The molecule has 1 fully saturated rings. The Labute approximate surface area is 186 Å². The summed E-state index contributed by atoms with van der Waals surface area (Å²) in [5.41, 5.74) is 9.08. The van der Waals surface area contributed by atoms with Crippen molar-refractivity contribution in [3.63, 3.8) is 0 Å². The van der Waals surface area contributed by atoms with E-state index in [9.17, 15) is 0 Å². The van der Waals surface area contributed by atoms with Crippen LogP contribution in [0, 0.1) is 5.92 Å². The molecule has 1 aliphatic rings. The molecular formula is C24H26N4O2S. The number of ether oxygens (including phenoxy) is 2. The van der Waals surface area contributed by atoms with Gasteiger partial charge in [0.05, 0.1) is 15.9 Å². The first kappa shape index (κ1) is 21.1. The molecule has 0 amide bonds. The first-order chi connectivity index (χ1) is 15.2. The van der Waals surface area contributed by atoms with E-state index >= 15 is 0 Å². The summed E-state index contributed by atoms with van der Waals surface area (Å²) in [6.07, 6.45) is 4.94. The molecule has 7 heteroatoms. The molecular weight excluding hydrogens is 408 g/mol. The van der Waals surface area contributed by atoms with Gasteiger partial charge in [0.25, 0.3) is 0 Å². The highest BCUT2D eigenvalue weighted by molar-refractivity contribution is 7.22. The summed E-state index contributed by atoms with van der Waals surface area (Å²) in [6.45, 7) is 5.10. The Bertz CT molecular complexity index is 1070. The molecule has 2 aromatic carbocycles. The van der Waals surface area contributed by atoms with Gasteiger partial charge in [0.15, 0.2) is 5.13 Å². The number of aromatic nitrogens is 1. The van der Waals surface area contributed by atoms with E-state index in [-0.39, 0.29) is 5.92 Å². The quantitative estimate of drug-likeness (QED) is 0.406. The number of nitrogens with zero attached hydrogens (tertiary/aromatic N) is 3. The number of hydrogen-bond acceptors (Lipinski definition) is 7. The van der Waals surface area contributed by atoms with Gasteiger partial charge in [-0.1, -0.05) is 36.1 Å². The largest absolute Gasteiger partial charge is 0.437 e. The topological polar surface area (TPSA) is 73.0 Å². The summed E-state index contributed by atoms with van der Waals surface area (Å²) in [4.78, 5) is 11.2. The summed E-state index contributed by atoms with van der Waals surface area (Å²) in [7, 11) is 2.01. The monoisotopic (exact) mass is 434 g/mol. The number of benzene rings is 2. The molecule has 1 aromatic heterocycles. The van der Waals surface area contributed by atoms with Gasteiger partial charge < -0.3 is 20.1 Å². The molecule has 4 rings (SSSR count). The number of allylic oxidation sites excluding steroid dienone is 2. The molecule has 31 heavy (non-hydrogen) atoms. The van der Waals surface area contributed by atoms with E-state index in [0.717, 1.165) is 29.2 Å². The van der Waals surface area contributed by atoms with Crippen LogP contribution < -0.4 is 15.4 Å². The lowest BCUT2D eigenvalue weighted by Crippen LogP contribution is -2.23. The van der Waals surface area contributed by atoms with Gasteiger partial charge in [-0.05, 0) is 49.2 Å². The second-order valence-corrected chi connectivity index (χ2v) is 8.29. The van der Waals surface area contributed by atoms with E-state index in [2.05, 4.69) is 22.5 Å². The summed E-state index contributed by atoms with van der Waals surface area (Å²) >= 11 is 1.66. The number of para-hydroxylation sites is 1. The Morgan fingerprint density at radius 2 is 1.97 bits per heavy atom. The van der Waals surface area contributed by atoms with Crippen molar-refractivity contribution in [3.8, 4) is 5.75 Å². The van der Waals surface area contributed by atoms with Crippen LogP contribution in [-0.2, 0) is 4.74 Å². The molecule has 0 spiro atoms. The van der Waals surface area contributed by atoms with Crippen molar-refractivity contribution >= 4 is 38.6 Å². The third-order valence-electron chi connectivity index (χ3n) is 5.21. The van der Waals surface area contributed by atoms with E-state index in [1.165, 1.54) is 4.70 Å². The maximum absolute atomic E-state index is 6.41. The van der Waals surface area contributed by atoms with Crippen molar-refractivity contribution in [3.05, 3.63) is 72.8 Å². The van der Waals surface area contributed by atoms with E-state index in [4.69, 9.17) is 20.2 Å².